The van der Waals surface area contributed by atoms with Crippen LogP contribution in [0.2, 0.25) is 0 Å². The molecule has 0 bridgehead atoms. The Morgan fingerprint density at radius 1 is 0.792 bits per heavy atom. The molecule has 24 heavy (non-hydrogen) atoms. The third kappa shape index (κ3) is 3.49. The lowest BCUT2D eigenvalue weighted by Crippen LogP contribution is -2.17. The maximum atomic E-state index is 13.8. The number of hydrogen-bond acceptors (Lipinski definition) is 1. The van der Waals surface area contributed by atoms with Crippen molar-refractivity contribution in [2.24, 2.45) is 0 Å². The molecule has 1 N–H and O–H groups in total. The van der Waals surface area contributed by atoms with E-state index < -0.39 is 23.1 Å². The molecule has 3 aromatic carbocycles. The fourth-order valence-electron chi connectivity index (χ4n) is 2.51. The maximum absolute atomic E-state index is 13.8. The normalized spacial score (nSPS) is 10.4. The van der Waals surface area contributed by atoms with Crippen molar-refractivity contribution in [3.8, 4) is 0 Å². The van der Waals surface area contributed by atoms with Crippen molar-refractivity contribution in [3.05, 3.63) is 101 Å². The lowest BCUT2D eigenvalue weighted by Gasteiger charge is -2.12. The van der Waals surface area contributed by atoms with Crippen LogP contribution in [0.3, 0.4) is 0 Å². The number of nitrogens with one attached hydrogen (secondary N) is 1. The quantitative estimate of drug-likeness (QED) is 0.733. The molecule has 0 aliphatic rings. The van der Waals surface area contributed by atoms with Gasteiger partial charge in [-0.2, -0.15) is 0 Å². The van der Waals surface area contributed by atoms with Crippen LogP contribution in [0.15, 0.2) is 72.8 Å². The molecule has 0 fully saturated rings. The van der Waals surface area contributed by atoms with Crippen LogP contribution in [0.4, 0.5) is 14.5 Å². The molecule has 120 valence electrons. The summed E-state index contributed by atoms with van der Waals surface area (Å²) in [6.07, 6.45) is 0.608. The van der Waals surface area contributed by atoms with E-state index in [1.54, 1.807) is 12.1 Å². The van der Waals surface area contributed by atoms with Crippen molar-refractivity contribution in [2.45, 2.75) is 6.42 Å². The van der Waals surface area contributed by atoms with E-state index in [0.29, 0.717) is 12.1 Å². The van der Waals surface area contributed by atoms with Gasteiger partial charge in [-0.3, -0.25) is 4.79 Å². The molecule has 3 aromatic rings. The van der Waals surface area contributed by atoms with Gasteiger partial charge in [0.2, 0.25) is 0 Å². The average molecular weight is 323 g/mol. The Kier molecular flexibility index (Phi) is 4.66. The summed E-state index contributed by atoms with van der Waals surface area (Å²) in [7, 11) is 0. The zero-order valence-corrected chi connectivity index (χ0v) is 12.8. The van der Waals surface area contributed by atoms with E-state index in [-0.39, 0.29) is 0 Å². The number of carbonyl (C=O) groups excluding carboxylic acids is 1. The first-order valence-corrected chi connectivity index (χ1v) is 7.52. The summed E-state index contributed by atoms with van der Waals surface area (Å²) in [6, 6.07) is 20.3. The Balaban J connectivity index is 1.87. The monoisotopic (exact) mass is 323 g/mol. The highest BCUT2D eigenvalue weighted by Gasteiger charge is 2.18. The number of rotatable bonds is 4. The molecule has 0 spiro atoms. The van der Waals surface area contributed by atoms with E-state index in [9.17, 15) is 13.6 Å². The van der Waals surface area contributed by atoms with Crippen LogP contribution < -0.4 is 5.32 Å². The third-order valence-electron chi connectivity index (χ3n) is 3.69. The maximum Gasteiger partial charge on any atom is 0.261 e. The van der Waals surface area contributed by atoms with Gasteiger partial charge in [0, 0.05) is 5.69 Å². The second kappa shape index (κ2) is 7.04. The molecule has 0 atom stereocenters. The molecule has 2 nitrogen and oxygen atoms in total. The molecule has 1 amide bonds. The number of amides is 1. The lowest BCUT2D eigenvalue weighted by molar-refractivity contribution is 0.101. The number of anilines is 1. The molecule has 0 unspecified atom stereocenters. The molecular weight excluding hydrogens is 308 g/mol. The minimum atomic E-state index is -0.881. The van der Waals surface area contributed by atoms with Crippen LogP contribution in [0, 0.1) is 11.6 Å². The zero-order valence-electron chi connectivity index (χ0n) is 12.8. The van der Waals surface area contributed by atoms with Gasteiger partial charge in [-0.15, -0.1) is 0 Å². The van der Waals surface area contributed by atoms with Crippen molar-refractivity contribution in [1.29, 1.82) is 0 Å². The van der Waals surface area contributed by atoms with Crippen molar-refractivity contribution in [2.75, 3.05) is 5.32 Å². The van der Waals surface area contributed by atoms with Crippen molar-refractivity contribution < 1.29 is 13.6 Å². The summed E-state index contributed by atoms with van der Waals surface area (Å²) in [4.78, 5) is 12.3. The van der Waals surface area contributed by atoms with Crippen LogP contribution in [0.5, 0.6) is 0 Å². The van der Waals surface area contributed by atoms with Gasteiger partial charge in [-0.1, -0.05) is 54.6 Å². The number of para-hydroxylation sites is 1. The highest BCUT2D eigenvalue weighted by atomic mass is 19.1. The Morgan fingerprint density at radius 2 is 1.42 bits per heavy atom. The van der Waals surface area contributed by atoms with E-state index in [0.717, 1.165) is 23.3 Å². The Morgan fingerprint density at radius 3 is 2.12 bits per heavy atom. The van der Waals surface area contributed by atoms with E-state index in [4.69, 9.17) is 0 Å². The Bertz CT molecular complexity index is 842. The van der Waals surface area contributed by atoms with Crippen LogP contribution >= 0.6 is 0 Å². The fraction of sp³-hybridized carbons (Fsp3) is 0.0500. The largest absolute Gasteiger partial charge is 0.322 e. The van der Waals surface area contributed by atoms with Crippen molar-refractivity contribution >= 4 is 11.6 Å². The molecule has 0 saturated heterocycles. The first kappa shape index (κ1) is 15.9. The zero-order chi connectivity index (χ0) is 16.9. The number of hydrogen-bond donors (Lipinski definition) is 1. The van der Waals surface area contributed by atoms with Crippen molar-refractivity contribution in [1.82, 2.24) is 0 Å². The van der Waals surface area contributed by atoms with Gasteiger partial charge in [-0.05, 0) is 35.7 Å². The minimum Gasteiger partial charge on any atom is -0.322 e. The van der Waals surface area contributed by atoms with Gasteiger partial charge in [-0.25, -0.2) is 8.78 Å². The topological polar surface area (TPSA) is 29.1 Å². The number of halogens is 2. The first-order valence-electron chi connectivity index (χ1n) is 7.52. The fourth-order valence-corrected chi connectivity index (χ4v) is 2.51. The molecule has 0 saturated carbocycles. The first-order chi connectivity index (χ1) is 11.6. The molecular formula is C20H15F2NO. The Labute approximate surface area is 138 Å². The SMILES string of the molecule is O=C(Nc1ccccc1Cc1ccccc1)c1c(F)cccc1F. The smallest absolute Gasteiger partial charge is 0.261 e. The van der Waals surface area contributed by atoms with Crippen LogP contribution in [-0.2, 0) is 6.42 Å². The summed E-state index contributed by atoms with van der Waals surface area (Å²) >= 11 is 0. The van der Waals surface area contributed by atoms with E-state index in [1.165, 1.54) is 6.07 Å². The lowest BCUT2D eigenvalue weighted by atomic mass is 10.0. The predicted octanol–water partition coefficient (Wildman–Crippen LogP) is 4.81. The van der Waals surface area contributed by atoms with Gasteiger partial charge in [0.1, 0.15) is 17.2 Å². The summed E-state index contributed by atoms with van der Waals surface area (Å²) in [6.45, 7) is 0. The highest BCUT2D eigenvalue weighted by molar-refractivity contribution is 6.05. The van der Waals surface area contributed by atoms with Crippen LogP contribution in [0.1, 0.15) is 21.5 Å². The van der Waals surface area contributed by atoms with Gasteiger partial charge in [0.15, 0.2) is 0 Å². The summed E-state index contributed by atoms with van der Waals surface area (Å²) in [5.74, 6) is -2.56. The number of carbonyl (C=O) groups is 1. The van der Waals surface area contributed by atoms with Gasteiger partial charge in [0.25, 0.3) is 5.91 Å². The van der Waals surface area contributed by atoms with Gasteiger partial charge in [0.05, 0.1) is 0 Å². The highest BCUT2D eigenvalue weighted by Crippen LogP contribution is 2.21. The average Bonchev–Trinajstić information content (AvgIpc) is 2.57. The molecule has 0 aliphatic carbocycles. The summed E-state index contributed by atoms with van der Waals surface area (Å²) in [5.41, 5.74) is 1.91. The second-order valence-electron chi connectivity index (χ2n) is 5.37. The standard InChI is InChI=1S/C20H15F2NO/c21-16-10-6-11-17(22)19(16)20(24)23-18-12-5-4-9-15(18)13-14-7-2-1-3-8-14/h1-12H,13H2,(H,23,24). The summed E-state index contributed by atoms with van der Waals surface area (Å²) < 4.78 is 27.5. The second-order valence-corrected chi connectivity index (χ2v) is 5.37. The third-order valence-corrected chi connectivity index (χ3v) is 3.69. The Hall–Kier alpha value is -3.01. The summed E-state index contributed by atoms with van der Waals surface area (Å²) in [5, 5.41) is 2.61. The van der Waals surface area contributed by atoms with Crippen LogP contribution in [-0.4, -0.2) is 5.91 Å². The molecule has 0 aliphatic heterocycles. The van der Waals surface area contributed by atoms with E-state index >= 15 is 0 Å². The van der Waals surface area contributed by atoms with Gasteiger partial charge < -0.3 is 5.32 Å². The van der Waals surface area contributed by atoms with Gasteiger partial charge >= 0.3 is 0 Å². The molecule has 0 radical (unpaired) electrons. The van der Waals surface area contributed by atoms with E-state index in [2.05, 4.69) is 5.32 Å². The van der Waals surface area contributed by atoms with Crippen molar-refractivity contribution in [3.63, 3.8) is 0 Å². The molecule has 0 heterocycles. The van der Waals surface area contributed by atoms with Crippen LogP contribution in [0.25, 0.3) is 0 Å². The molecule has 4 heteroatoms. The van der Waals surface area contributed by atoms with E-state index in [1.807, 2.05) is 42.5 Å². The molecule has 3 rings (SSSR count). The predicted molar refractivity (Wildman–Crippen MR) is 90.0 cm³/mol. The minimum absolute atomic E-state index is 0.536. The molecule has 0 aromatic heterocycles. The number of benzene rings is 3.